The van der Waals surface area contributed by atoms with Gasteiger partial charge in [0.15, 0.2) is 0 Å². The van der Waals surface area contributed by atoms with E-state index in [0.717, 1.165) is 5.56 Å². The molecule has 1 aliphatic heterocycles. The molecular weight excluding hydrogens is 406 g/mol. The van der Waals surface area contributed by atoms with E-state index in [1.807, 2.05) is 26.0 Å². The lowest BCUT2D eigenvalue weighted by atomic mass is 10.0. The van der Waals surface area contributed by atoms with Crippen LogP contribution in [0.4, 0.5) is 5.69 Å². The van der Waals surface area contributed by atoms with Gasteiger partial charge < -0.3 is 4.90 Å². The number of amides is 1. The Hall–Kier alpha value is -2.78. The fourth-order valence-corrected chi connectivity index (χ4v) is 4.95. The first-order chi connectivity index (χ1) is 14.1. The molecule has 30 heavy (non-hydrogen) atoms. The van der Waals surface area contributed by atoms with Gasteiger partial charge in [-0.1, -0.05) is 32.0 Å². The number of benzene rings is 2. The molecular formula is C21H25N3O5S. The number of carbonyl (C=O) groups excluding carboxylic acids is 1. The molecule has 0 N–H and O–H groups in total. The van der Waals surface area contributed by atoms with E-state index in [0.29, 0.717) is 11.5 Å². The largest absolute Gasteiger partial charge is 0.336 e. The van der Waals surface area contributed by atoms with Gasteiger partial charge in [0.1, 0.15) is 0 Å². The van der Waals surface area contributed by atoms with Crippen molar-refractivity contribution >= 4 is 21.6 Å². The van der Waals surface area contributed by atoms with Crippen LogP contribution in [0.3, 0.4) is 0 Å². The molecule has 1 amide bonds. The van der Waals surface area contributed by atoms with Gasteiger partial charge in [0.25, 0.3) is 11.6 Å². The molecule has 9 heteroatoms. The lowest BCUT2D eigenvalue weighted by Crippen LogP contribution is -2.50. The fourth-order valence-electron chi connectivity index (χ4n) is 3.53. The van der Waals surface area contributed by atoms with Gasteiger partial charge in [-0.2, -0.15) is 4.31 Å². The summed E-state index contributed by atoms with van der Waals surface area (Å²) in [5, 5.41) is 11.1. The highest BCUT2D eigenvalue weighted by atomic mass is 32.2. The second-order valence-corrected chi connectivity index (χ2v) is 9.56. The van der Waals surface area contributed by atoms with E-state index in [1.165, 1.54) is 16.4 Å². The molecule has 0 unspecified atom stereocenters. The summed E-state index contributed by atoms with van der Waals surface area (Å²) in [4.78, 5) is 25.3. The average molecular weight is 432 g/mol. The van der Waals surface area contributed by atoms with Crippen LogP contribution in [0.25, 0.3) is 0 Å². The minimum absolute atomic E-state index is 0.105. The molecule has 0 aromatic heterocycles. The Labute approximate surface area is 176 Å². The number of nitrogens with zero attached hydrogens (tertiary/aromatic N) is 3. The molecule has 0 aliphatic carbocycles. The van der Waals surface area contributed by atoms with Gasteiger partial charge in [-0.15, -0.1) is 0 Å². The summed E-state index contributed by atoms with van der Waals surface area (Å²) in [7, 11) is -3.64. The third-order valence-corrected chi connectivity index (χ3v) is 7.36. The summed E-state index contributed by atoms with van der Waals surface area (Å²) in [6, 6.07) is 11.3. The van der Waals surface area contributed by atoms with E-state index in [-0.39, 0.29) is 48.2 Å². The first-order valence-corrected chi connectivity index (χ1v) is 11.2. The number of rotatable bonds is 5. The van der Waals surface area contributed by atoms with Crippen LogP contribution >= 0.6 is 0 Å². The summed E-state index contributed by atoms with van der Waals surface area (Å²) in [5.41, 5.74) is 1.54. The summed E-state index contributed by atoms with van der Waals surface area (Å²) < 4.78 is 27.2. The molecule has 8 nitrogen and oxygen atoms in total. The van der Waals surface area contributed by atoms with Crippen molar-refractivity contribution in [3.63, 3.8) is 0 Å². The standard InChI is InChI=1S/C21H25N3O5S/c1-15(2)17-7-9-18(10-8-17)30(28,29)23-13-11-22(12-14-23)21(25)19-5-4-6-20(16(19)3)24(26)27/h4-10,15H,11-14H2,1-3H3. The van der Waals surface area contributed by atoms with Crippen molar-refractivity contribution in [1.29, 1.82) is 0 Å². The lowest BCUT2D eigenvalue weighted by Gasteiger charge is -2.34. The molecule has 1 fully saturated rings. The van der Waals surface area contributed by atoms with Crippen LogP contribution in [0.5, 0.6) is 0 Å². The van der Waals surface area contributed by atoms with Crippen LogP contribution < -0.4 is 0 Å². The molecule has 2 aromatic carbocycles. The Balaban J connectivity index is 1.72. The number of nitro groups is 1. The van der Waals surface area contributed by atoms with Gasteiger partial charge in [0, 0.05) is 43.4 Å². The van der Waals surface area contributed by atoms with E-state index in [9.17, 15) is 23.3 Å². The predicted molar refractivity (Wildman–Crippen MR) is 113 cm³/mol. The molecule has 0 saturated carbocycles. The molecule has 3 rings (SSSR count). The maximum absolute atomic E-state index is 12.9. The number of sulfonamides is 1. The van der Waals surface area contributed by atoms with Crippen LogP contribution in [0.15, 0.2) is 47.4 Å². The van der Waals surface area contributed by atoms with E-state index < -0.39 is 14.9 Å². The molecule has 0 spiro atoms. The van der Waals surface area contributed by atoms with Crippen molar-refractivity contribution in [3.05, 3.63) is 69.3 Å². The Bertz CT molecular complexity index is 1060. The molecule has 1 aliphatic rings. The molecule has 1 saturated heterocycles. The second kappa shape index (κ2) is 8.53. The van der Waals surface area contributed by atoms with Crippen LogP contribution in [-0.2, 0) is 10.0 Å². The van der Waals surface area contributed by atoms with Gasteiger partial charge in [-0.3, -0.25) is 14.9 Å². The van der Waals surface area contributed by atoms with Crippen LogP contribution in [0, 0.1) is 17.0 Å². The average Bonchev–Trinajstić information content (AvgIpc) is 2.73. The maximum atomic E-state index is 12.9. The van der Waals surface area contributed by atoms with Crippen LogP contribution in [0.1, 0.15) is 41.3 Å². The van der Waals surface area contributed by atoms with E-state index in [2.05, 4.69) is 0 Å². The highest BCUT2D eigenvalue weighted by Gasteiger charge is 2.31. The second-order valence-electron chi connectivity index (χ2n) is 7.63. The van der Waals surface area contributed by atoms with E-state index in [4.69, 9.17) is 0 Å². The van der Waals surface area contributed by atoms with Crippen molar-refractivity contribution in [1.82, 2.24) is 9.21 Å². The zero-order chi connectivity index (χ0) is 22.1. The third-order valence-electron chi connectivity index (χ3n) is 5.44. The van der Waals surface area contributed by atoms with Crippen molar-refractivity contribution < 1.29 is 18.1 Å². The lowest BCUT2D eigenvalue weighted by molar-refractivity contribution is -0.385. The topological polar surface area (TPSA) is 101 Å². The summed E-state index contributed by atoms with van der Waals surface area (Å²) in [5.74, 6) is -0.0110. The maximum Gasteiger partial charge on any atom is 0.273 e. The Morgan fingerprint density at radius 3 is 2.17 bits per heavy atom. The zero-order valence-corrected chi connectivity index (χ0v) is 18.1. The summed E-state index contributed by atoms with van der Waals surface area (Å²) in [6.45, 7) is 6.44. The number of carbonyl (C=O) groups is 1. The Morgan fingerprint density at radius 2 is 1.63 bits per heavy atom. The zero-order valence-electron chi connectivity index (χ0n) is 17.2. The fraction of sp³-hybridized carbons (Fsp3) is 0.381. The van der Waals surface area contributed by atoms with Crippen LogP contribution in [0.2, 0.25) is 0 Å². The van der Waals surface area contributed by atoms with Crippen LogP contribution in [-0.4, -0.2) is 54.6 Å². The normalized spacial score (nSPS) is 15.4. The Morgan fingerprint density at radius 1 is 1.03 bits per heavy atom. The summed E-state index contributed by atoms with van der Waals surface area (Å²) in [6.07, 6.45) is 0. The first kappa shape index (κ1) is 21.9. The highest BCUT2D eigenvalue weighted by molar-refractivity contribution is 7.89. The van der Waals surface area contributed by atoms with Crippen molar-refractivity contribution in [2.45, 2.75) is 31.6 Å². The number of piperazine rings is 1. The van der Waals surface area contributed by atoms with Crippen molar-refractivity contribution in [2.24, 2.45) is 0 Å². The molecule has 0 bridgehead atoms. The predicted octanol–water partition coefficient (Wildman–Crippen LogP) is 3.17. The minimum atomic E-state index is -3.64. The monoisotopic (exact) mass is 431 g/mol. The smallest absolute Gasteiger partial charge is 0.273 e. The third kappa shape index (κ3) is 4.22. The Kier molecular flexibility index (Phi) is 6.23. The van der Waals surface area contributed by atoms with Gasteiger partial charge >= 0.3 is 0 Å². The van der Waals surface area contributed by atoms with Crippen molar-refractivity contribution in [3.8, 4) is 0 Å². The molecule has 160 valence electrons. The number of hydrogen-bond donors (Lipinski definition) is 0. The molecule has 0 atom stereocenters. The van der Waals surface area contributed by atoms with Crippen molar-refractivity contribution in [2.75, 3.05) is 26.2 Å². The highest BCUT2D eigenvalue weighted by Crippen LogP contribution is 2.24. The van der Waals surface area contributed by atoms with Gasteiger partial charge in [0.05, 0.1) is 9.82 Å². The number of nitro benzene ring substituents is 1. The minimum Gasteiger partial charge on any atom is -0.336 e. The van der Waals surface area contributed by atoms with Gasteiger partial charge in [-0.25, -0.2) is 8.42 Å². The molecule has 0 radical (unpaired) electrons. The van der Waals surface area contributed by atoms with Gasteiger partial charge in [0.2, 0.25) is 10.0 Å². The number of hydrogen-bond acceptors (Lipinski definition) is 5. The van der Waals surface area contributed by atoms with E-state index in [1.54, 1.807) is 30.0 Å². The SMILES string of the molecule is Cc1c(C(=O)N2CCN(S(=O)(=O)c3ccc(C(C)C)cc3)CC2)cccc1[N+](=O)[O-]. The first-order valence-electron chi connectivity index (χ1n) is 9.76. The molecule has 2 aromatic rings. The molecule has 1 heterocycles. The quantitative estimate of drug-likeness (QED) is 0.535. The summed E-state index contributed by atoms with van der Waals surface area (Å²) >= 11 is 0. The van der Waals surface area contributed by atoms with Gasteiger partial charge in [-0.05, 0) is 36.6 Å². The van der Waals surface area contributed by atoms with E-state index >= 15 is 0 Å².